The second-order valence-corrected chi connectivity index (χ2v) is 6.51. The van der Waals surface area contributed by atoms with Crippen molar-refractivity contribution < 1.29 is 14.0 Å². The Labute approximate surface area is 149 Å². The first-order valence-electron chi connectivity index (χ1n) is 8.44. The minimum atomic E-state index is 0.259. The molecule has 130 valence electrons. The highest BCUT2D eigenvalue weighted by Crippen LogP contribution is 2.40. The van der Waals surface area contributed by atoms with Gasteiger partial charge in [0.1, 0.15) is 11.6 Å². The lowest BCUT2D eigenvalue weighted by Gasteiger charge is -2.08. The van der Waals surface area contributed by atoms with Gasteiger partial charge in [-0.25, -0.2) is 4.98 Å². The van der Waals surface area contributed by atoms with Crippen molar-refractivity contribution in [2.24, 2.45) is 0 Å². The minimum Gasteiger partial charge on any atom is -0.454 e. The maximum absolute atomic E-state index is 5.54. The molecule has 5 rings (SSSR count). The van der Waals surface area contributed by atoms with E-state index in [-0.39, 0.29) is 6.79 Å². The zero-order valence-electron chi connectivity index (χ0n) is 14.7. The maximum Gasteiger partial charge on any atom is 0.231 e. The van der Waals surface area contributed by atoms with Crippen molar-refractivity contribution >= 4 is 11.0 Å². The monoisotopic (exact) mass is 347 g/mol. The zero-order valence-corrected chi connectivity index (χ0v) is 14.7. The van der Waals surface area contributed by atoms with Gasteiger partial charge in [-0.3, -0.25) is 0 Å². The first-order chi connectivity index (χ1) is 12.6. The van der Waals surface area contributed by atoms with Gasteiger partial charge in [0.15, 0.2) is 11.5 Å². The van der Waals surface area contributed by atoms with Gasteiger partial charge in [0, 0.05) is 11.1 Å². The Morgan fingerprint density at radius 2 is 1.81 bits per heavy atom. The smallest absolute Gasteiger partial charge is 0.231 e. The van der Waals surface area contributed by atoms with Crippen LogP contribution in [0.25, 0.3) is 33.3 Å². The quantitative estimate of drug-likeness (QED) is 0.576. The fraction of sp³-hybridized carbons (Fsp3) is 0.200. The van der Waals surface area contributed by atoms with Crippen LogP contribution in [-0.2, 0) is 0 Å². The average molecular weight is 347 g/mol. The van der Waals surface area contributed by atoms with E-state index in [0.29, 0.717) is 0 Å². The molecule has 0 spiro atoms. The number of aryl methyl sites for hydroxylation is 3. The van der Waals surface area contributed by atoms with Crippen LogP contribution >= 0.6 is 0 Å². The summed E-state index contributed by atoms with van der Waals surface area (Å²) in [5, 5.41) is 4.09. The van der Waals surface area contributed by atoms with Crippen LogP contribution in [-0.4, -0.2) is 21.9 Å². The van der Waals surface area contributed by atoms with Gasteiger partial charge in [0.05, 0.1) is 16.7 Å². The molecular formula is C20H17N3O3. The van der Waals surface area contributed by atoms with Crippen molar-refractivity contribution in [3.63, 3.8) is 0 Å². The van der Waals surface area contributed by atoms with Crippen LogP contribution in [0.1, 0.15) is 17.3 Å². The molecule has 0 aliphatic carbocycles. The molecule has 0 unspecified atom stereocenters. The molecule has 0 fully saturated rings. The molecule has 4 aromatic rings. The average Bonchev–Trinajstić information content (AvgIpc) is 3.31. The first kappa shape index (κ1) is 15.0. The molecule has 1 aliphatic heterocycles. The Hall–Kier alpha value is -3.28. The fourth-order valence-corrected chi connectivity index (χ4v) is 3.56. The van der Waals surface area contributed by atoms with E-state index in [1.54, 1.807) is 0 Å². The van der Waals surface area contributed by atoms with E-state index in [1.165, 1.54) is 0 Å². The number of nitrogens with zero attached hydrogens (tertiary/aromatic N) is 2. The van der Waals surface area contributed by atoms with Crippen molar-refractivity contribution in [1.29, 1.82) is 0 Å². The molecule has 0 saturated heterocycles. The third-order valence-corrected chi connectivity index (χ3v) is 4.71. The predicted molar refractivity (Wildman–Crippen MR) is 97.4 cm³/mol. The van der Waals surface area contributed by atoms with Gasteiger partial charge in [-0.2, -0.15) is 0 Å². The summed E-state index contributed by atoms with van der Waals surface area (Å²) >= 11 is 0. The van der Waals surface area contributed by atoms with E-state index in [0.717, 1.165) is 62.1 Å². The number of aromatic amines is 1. The van der Waals surface area contributed by atoms with Crippen LogP contribution in [0.3, 0.4) is 0 Å². The summed E-state index contributed by atoms with van der Waals surface area (Å²) in [4.78, 5) is 8.03. The lowest BCUT2D eigenvalue weighted by molar-refractivity contribution is 0.174. The molecule has 6 nitrogen and oxygen atoms in total. The summed E-state index contributed by atoms with van der Waals surface area (Å²) in [6.45, 7) is 6.10. The van der Waals surface area contributed by atoms with Crippen molar-refractivity contribution in [2.75, 3.05) is 6.79 Å². The number of aromatic nitrogens is 3. The summed E-state index contributed by atoms with van der Waals surface area (Å²) in [7, 11) is 0. The van der Waals surface area contributed by atoms with Gasteiger partial charge in [-0.1, -0.05) is 11.2 Å². The van der Waals surface area contributed by atoms with Crippen LogP contribution in [0.5, 0.6) is 11.5 Å². The van der Waals surface area contributed by atoms with Gasteiger partial charge in [0.2, 0.25) is 6.79 Å². The maximum atomic E-state index is 5.54. The van der Waals surface area contributed by atoms with E-state index in [2.05, 4.69) is 27.3 Å². The van der Waals surface area contributed by atoms with Gasteiger partial charge in [0.25, 0.3) is 0 Å². The number of H-pyrrole nitrogens is 1. The zero-order chi connectivity index (χ0) is 17.8. The molecule has 0 saturated carbocycles. The Morgan fingerprint density at radius 3 is 2.62 bits per heavy atom. The largest absolute Gasteiger partial charge is 0.454 e. The molecule has 26 heavy (non-hydrogen) atoms. The molecule has 0 bridgehead atoms. The lowest BCUT2D eigenvalue weighted by Crippen LogP contribution is -1.92. The number of ether oxygens (including phenoxy) is 2. The number of hydrogen-bond donors (Lipinski definition) is 1. The second kappa shape index (κ2) is 5.36. The molecule has 2 aromatic heterocycles. The first-order valence-corrected chi connectivity index (χ1v) is 8.44. The van der Waals surface area contributed by atoms with Gasteiger partial charge in [-0.15, -0.1) is 0 Å². The third-order valence-electron chi connectivity index (χ3n) is 4.71. The van der Waals surface area contributed by atoms with Crippen LogP contribution in [0.2, 0.25) is 0 Å². The summed E-state index contributed by atoms with van der Waals surface area (Å²) < 4.78 is 16.3. The Morgan fingerprint density at radius 1 is 0.962 bits per heavy atom. The molecule has 0 radical (unpaired) electrons. The molecule has 0 atom stereocenters. The Kier molecular flexibility index (Phi) is 3.09. The fourth-order valence-electron chi connectivity index (χ4n) is 3.56. The summed E-state index contributed by atoms with van der Waals surface area (Å²) in [5.74, 6) is 3.20. The number of fused-ring (bicyclic) bond motifs is 2. The molecule has 0 amide bonds. The number of benzene rings is 2. The molecule has 1 aliphatic rings. The number of imidazole rings is 1. The van der Waals surface area contributed by atoms with E-state index in [9.17, 15) is 0 Å². The Balaban J connectivity index is 1.78. The van der Waals surface area contributed by atoms with E-state index in [1.807, 2.05) is 39.0 Å². The van der Waals surface area contributed by atoms with Crippen molar-refractivity contribution in [1.82, 2.24) is 15.1 Å². The highest BCUT2D eigenvalue weighted by Gasteiger charge is 2.19. The van der Waals surface area contributed by atoms with Crippen LogP contribution in [0, 0.1) is 20.8 Å². The lowest BCUT2D eigenvalue weighted by atomic mass is 9.96. The summed E-state index contributed by atoms with van der Waals surface area (Å²) in [6, 6.07) is 10.2. The molecule has 1 N–H and O–H groups in total. The van der Waals surface area contributed by atoms with Crippen molar-refractivity contribution in [2.45, 2.75) is 20.8 Å². The minimum absolute atomic E-state index is 0.259. The normalized spacial score (nSPS) is 12.9. The van der Waals surface area contributed by atoms with Gasteiger partial charge >= 0.3 is 0 Å². The summed E-state index contributed by atoms with van der Waals surface area (Å²) in [6.07, 6.45) is 0. The van der Waals surface area contributed by atoms with E-state index >= 15 is 0 Å². The SMILES string of the molecule is Cc1nc2c(-c3ccc4c(c3)OCO4)cc(-c3c(C)noc3C)cc2[nH]1. The van der Waals surface area contributed by atoms with E-state index in [4.69, 9.17) is 14.0 Å². The number of rotatable bonds is 2. The van der Waals surface area contributed by atoms with E-state index < -0.39 is 0 Å². The van der Waals surface area contributed by atoms with Crippen LogP contribution in [0.4, 0.5) is 0 Å². The molecule has 6 heteroatoms. The van der Waals surface area contributed by atoms with Crippen LogP contribution < -0.4 is 9.47 Å². The summed E-state index contributed by atoms with van der Waals surface area (Å²) in [5.41, 5.74) is 6.89. The predicted octanol–water partition coefficient (Wildman–Crippen LogP) is 4.54. The highest BCUT2D eigenvalue weighted by molar-refractivity contribution is 5.96. The number of hydrogen-bond acceptors (Lipinski definition) is 5. The Bertz CT molecular complexity index is 1140. The molecule has 3 heterocycles. The van der Waals surface area contributed by atoms with Gasteiger partial charge < -0.3 is 19.0 Å². The standard InChI is InChI=1S/C20H17N3O3/c1-10-19(11(2)26-23-10)14-6-15(20-16(7-14)21-12(3)22-20)13-4-5-17-18(8-13)25-9-24-17/h4-8H,9H2,1-3H3,(H,21,22). The number of nitrogens with one attached hydrogen (secondary N) is 1. The van der Waals surface area contributed by atoms with Crippen molar-refractivity contribution in [3.8, 4) is 33.8 Å². The van der Waals surface area contributed by atoms with Crippen molar-refractivity contribution in [3.05, 3.63) is 47.6 Å². The molecular weight excluding hydrogens is 330 g/mol. The second-order valence-electron chi connectivity index (χ2n) is 6.51. The highest BCUT2D eigenvalue weighted by atomic mass is 16.7. The van der Waals surface area contributed by atoms with Crippen LogP contribution in [0.15, 0.2) is 34.9 Å². The third kappa shape index (κ3) is 2.19. The molecule has 2 aromatic carbocycles. The topological polar surface area (TPSA) is 73.2 Å². The van der Waals surface area contributed by atoms with Gasteiger partial charge in [-0.05, 0) is 56.2 Å².